The fraction of sp³-hybridized carbons (Fsp3) is 0.656. The van der Waals surface area contributed by atoms with Crippen LogP contribution in [0.4, 0.5) is 15.2 Å². The van der Waals surface area contributed by atoms with Gasteiger partial charge < -0.3 is 24.2 Å². The first-order chi connectivity index (χ1) is 20.9. The molecule has 2 aromatic rings. The topological polar surface area (TPSA) is 114 Å². The Morgan fingerprint density at radius 1 is 1.20 bits per heavy atom. The summed E-state index contributed by atoms with van der Waals surface area (Å²) in [7, 11) is 0. The van der Waals surface area contributed by atoms with Gasteiger partial charge in [0, 0.05) is 38.0 Å². The Morgan fingerprint density at radius 2 is 1.95 bits per heavy atom. The summed E-state index contributed by atoms with van der Waals surface area (Å²) in [5, 5.41) is 6.69. The van der Waals surface area contributed by atoms with Gasteiger partial charge in [-0.1, -0.05) is 29.9 Å². The number of aromatic nitrogens is 2. The third kappa shape index (κ3) is 9.07. The van der Waals surface area contributed by atoms with Crippen LogP contribution in [0.2, 0.25) is 0 Å². The largest absolute Gasteiger partial charge is 0.493 e. The first kappa shape index (κ1) is 33.0. The van der Waals surface area contributed by atoms with Gasteiger partial charge in [0.05, 0.1) is 13.0 Å². The molecule has 0 spiro atoms. The molecular weight excluding hydrogens is 567 g/mol. The Bertz CT molecular complexity index is 1310. The van der Waals surface area contributed by atoms with Gasteiger partial charge >= 0.3 is 18.3 Å². The van der Waals surface area contributed by atoms with Gasteiger partial charge in [-0.2, -0.15) is 4.98 Å². The molecule has 4 rings (SSSR count). The average Bonchev–Trinajstić information content (AvgIpc) is 3.66. The van der Waals surface area contributed by atoms with Crippen molar-refractivity contribution in [1.82, 2.24) is 20.4 Å². The number of carbonyl (C=O) groups is 2. The van der Waals surface area contributed by atoms with Crippen LogP contribution in [0, 0.1) is 18.3 Å². The van der Waals surface area contributed by atoms with Crippen molar-refractivity contribution in [2.75, 3.05) is 31.1 Å². The zero-order valence-electron chi connectivity index (χ0n) is 26.6. The highest BCUT2D eigenvalue weighted by Gasteiger charge is 2.40. The number of piperidine rings is 1. The molecule has 44 heavy (non-hydrogen) atoms. The lowest BCUT2D eigenvalue weighted by Crippen LogP contribution is -2.51. The number of benzene rings is 1. The number of halogens is 1. The third-order valence-electron chi connectivity index (χ3n) is 7.97. The Balaban J connectivity index is 1.27. The van der Waals surface area contributed by atoms with Crippen molar-refractivity contribution in [1.29, 1.82) is 0 Å². The van der Waals surface area contributed by atoms with Crippen LogP contribution < -0.4 is 15.0 Å². The van der Waals surface area contributed by atoms with Crippen molar-refractivity contribution < 1.29 is 28.0 Å². The Morgan fingerprint density at radius 3 is 2.59 bits per heavy atom. The van der Waals surface area contributed by atoms with Crippen LogP contribution in [0.25, 0.3) is 4.85 Å². The molecule has 1 aromatic heterocycles. The fourth-order valence-corrected chi connectivity index (χ4v) is 5.58. The highest BCUT2D eigenvalue weighted by molar-refractivity contribution is 5.86. The number of hydrogen-bond donors (Lipinski definition) is 1. The molecular formula is C32H46FN6O5+. The number of carbonyl (C=O) groups excluding carboxylic acids is 2. The van der Waals surface area contributed by atoms with E-state index in [0.717, 1.165) is 51.0 Å². The molecule has 2 fully saturated rings. The predicted molar refractivity (Wildman–Crippen MR) is 164 cm³/mol. The van der Waals surface area contributed by atoms with E-state index in [1.807, 2.05) is 13.8 Å². The molecule has 2 atom stereocenters. The molecule has 240 valence electrons. The van der Waals surface area contributed by atoms with Gasteiger partial charge in [-0.3, -0.25) is 9.69 Å². The second-order valence-electron chi connectivity index (χ2n) is 13.0. The zero-order valence-corrected chi connectivity index (χ0v) is 26.6. The second kappa shape index (κ2) is 14.7. The smallest absolute Gasteiger partial charge is 0.408 e. The average molecular weight is 614 g/mol. The van der Waals surface area contributed by atoms with Crippen LogP contribution in [-0.2, 0) is 16.0 Å². The molecule has 1 N–H and O–H groups in total. The predicted octanol–water partition coefficient (Wildman–Crippen LogP) is 5.75. The summed E-state index contributed by atoms with van der Waals surface area (Å²) in [6.45, 7) is 17.5. The molecule has 1 aromatic carbocycles. The Kier molecular flexibility index (Phi) is 11.1. The summed E-state index contributed by atoms with van der Waals surface area (Å²) in [6.07, 6.45) is 4.05. The van der Waals surface area contributed by atoms with Crippen molar-refractivity contribution in [2.45, 2.75) is 103 Å². The standard InChI is InChI=1S/C32H45FN6O5/c1-21(2)28-36-30(44-37-28)38-16-13-22(14-17-38)9-8-18-42-24-12-11-23(25(33)20-24)19-26(35-31(41)43-32(3,4)5)29(40)39-15-7-10-27(39)34-6/h6,11-12,20-22,26-27H,7-10,13-19H2,1-5H3/p+1/t26-,27-/m0/s1. The number of nitrogens with one attached hydrogen (secondary N) is 1. The van der Waals surface area contributed by atoms with Crippen LogP contribution in [-0.4, -0.2) is 71.1 Å². The van der Waals surface area contributed by atoms with Crippen molar-refractivity contribution >= 4 is 18.0 Å². The van der Waals surface area contributed by atoms with Crippen molar-refractivity contribution in [3.63, 3.8) is 0 Å². The Labute approximate surface area is 259 Å². The number of ether oxygens (including phenoxy) is 2. The lowest BCUT2D eigenvalue weighted by molar-refractivity contribution is -0.133. The normalized spacial score (nSPS) is 18.3. The lowest BCUT2D eigenvalue weighted by Gasteiger charge is -2.30. The molecule has 2 saturated heterocycles. The maximum Gasteiger partial charge on any atom is 0.408 e. The molecule has 11 nitrogen and oxygen atoms in total. The molecule has 2 aliphatic heterocycles. The highest BCUT2D eigenvalue weighted by atomic mass is 19.1. The monoisotopic (exact) mass is 613 g/mol. The molecule has 0 saturated carbocycles. The maximum absolute atomic E-state index is 15.2. The molecule has 0 radical (unpaired) electrons. The number of rotatable bonds is 11. The van der Waals surface area contributed by atoms with Gasteiger partial charge in [0.2, 0.25) is 0 Å². The van der Waals surface area contributed by atoms with E-state index in [0.29, 0.717) is 37.3 Å². The van der Waals surface area contributed by atoms with E-state index in [4.69, 9.17) is 20.6 Å². The van der Waals surface area contributed by atoms with Gasteiger partial charge in [0.15, 0.2) is 5.82 Å². The molecule has 2 amide bonds. The van der Waals surface area contributed by atoms with Crippen molar-refractivity contribution in [2.24, 2.45) is 5.92 Å². The fourth-order valence-electron chi connectivity index (χ4n) is 5.58. The van der Waals surface area contributed by atoms with E-state index in [2.05, 4.69) is 25.2 Å². The molecule has 3 heterocycles. The second-order valence-corrected chi connectivity index (χ2v) is 13.0. The van der Waals surface area contributed by atoms with E-state index in [1.54, 1.807) is 32.9 Å². The van der Waals surface area contributed by atoms with Crippen LogP contribution in [0.3, 0.4) is 0 Å². The van der Waals surface area contributed by atoms with Gasteiger partial charge in [-0.15, -0.1) is 0 Å². The van der Waals surface area contributed by atoms with Crippen LogP contribution >= 0.6 is 0 Å². The molecule has 0 aliphatic carbocycles. The summed E-state index contributed by atoms with van der Waals surface area (Å²) in [4.78, 5) is 37.9. The molecule has 12 heteroatoms. The first-order valence-electron chi connectivity index (χ1n) is 15.6. The van der Waals surface area contributed by atoms with Gasteiger partial charge in [0.1, 0.15) is 23.2 Å². The number of alkyl carbamates (subject to hydrolysis) is 1. The number of anilines is 1. The van der Waals surface area contributed by atoms with Crippen LogP contribution in [0.15, 0.2) is 22.7 Å². The maximum atomic E-state index is 15.2. The number of nitrogens with zero attached hydrogens (tertiary/aromatic N) is 5. The zero-order chi connectivity index (χ0) is 31.9. The van der Waals surface area contributed by atoms with E-state index in [-0.39, 0.29) is 23.8 Å². The SMILES string of the molecule is C#[N+][C@@H]1CCCN1C(=O)[C@H](Cc1ccc(OCCCC2CCN(c3nc(C(C)C)no3)CC2)cc1F)NC(=O)OC(C)(C)C. The van der Waals surface area contributed by atoms with E-state index in [1.165, 1.54) is 11.0 Å². The summed E-state index contributed by atoms with van der Waals surface area (Å²) >= 11 is 0. The third-order valence-corrected chi connectivity index (χ3v) is 7.97. The number of amides is 2. The van der Waals surface area contributed by atoms with Crippen molar-refractivity contribution in [3.8, 4) is 12.3 Å². The summed E-state index contributed by atoms with van der Waals surface area (Å²) in [5.74, 6) is 1.07. The van der Waals surface area contributed by atoms with Crippen molar-refractivity contribution in [3.05, 3.63) is 40.2 Å². The van der Waals surface area contributed by atoms with Gasteiger partial charge in [-0.25, -0.2) is 9.18 Å². The number of hydrogen-bond acceptors (Lipinski definition) is 8. The molecule has 0 bridgehead atoms. The summed E-state index contributed by atoms with van der Waals surface area (Å²) in [6, 6.07) is 4.16. The minimum atomic E-state index is -1.04. The van der Waals surface area contributed by atoms with Gasteiger partial charge in [-0.05, 0) is 70.4 Å². The van der Waals surface area contributed by atoms with E-state index >= 15 is 4.39 Å². The Hall–Kier alpha value is -3.88. The minimum absolute atomic E-state index is 0.0565. The molecule has 0 unspecified atom stereocenters. The van der Waals surface area contributed by atoms with Crippen LogP contribution in [0.5, 0.6) is 5.75 Å². The molecule has 2 aliphatic rings. The van der Waals surface area contributed by atoms with Gasteiger partial charge in [0.25, 0.3) is 12.5 Å². The highest BCUT2D eigenvalue weighted by Crippen LogP contribution is 2.27. The summed E-state index contributed by atoms with van der Waals surface area (Å²) < 4.78 is 31.9. The number of likely N-dealkylation sites (tertiary alicyclic amines) is 1. The van der Waals surface area contributed by atoms with E-state index in [9.17, 15) is 9.59 Å². The van der Waals surface area contributed by atoms with Crippen LogP contribution in [0.1, 0.15) is 90.4 Å². The van der Waals surface area contributed by atoms with E-state index < -0.39 is 29.7 Å². The summed E-state index contributed by atoms with van der Waals surface area (Å²) in [5.41, 5.74) is -0.477. The lowest BCUT2D eigenvalue weighted by atomic mass is 9.92. The first-order valence-corrected chi connectivity index (χ1v) is 15.6. The quantitative estimate of drug-likeness (QED) is 0.319. The minimum Gasteiger partial charge on any atom is -0.493 e.